The van der Waals surface area contributed by atoms with Crippen LogP contribution in [0.15, 0.2) is 21.2 Å². The lowest BCUT2D eigenvalue weighted by molar-refractivity contribution is 0.705. The Bertz CT molecular complexity index is 598. The number of allylic oxidation sites excluding steroid dienone is 1. The molecule has 6 nitrogen and oxygen atoms in total. The standard InChI is InChI=1S/C13H20N4O2/c1-2-17-11(14)10(12(18)16-13(17)19)15-8-7-9-5-3-4-6-9/h5,15H,2-4,6-8,14H2,1H3,(H,16,18,19). The van der Waals surface area contributed by atoms with Crippen LogP contribution in [0.1, 0.15) is 32.6 Å². The topological polar surface area (TPSA) is 92.9 Å². The lowest BCUT2D eigenvalue weighted by Gasteiger charge is -2.12. The van der Waals surface area contributed by atoms with E-state index in [9.17, 15) is 9.59 Å². The molecule has 6 heteroatoms. The van der Waals surface area contributed by atoms with Gasteiger partial charge >= 0.3 is 5.69 Å². The van der Waals surface area contributed by atoms with Gasteiger partial charge in [-0.25, -0.2) is 4.79 Å². The first-order chi connectivity index (χ1) is 9.13. The van der Waals surface area contributed by atoms with E-state index in [2.05, 4.69) is 16.4 Å². The van der Waals surface area contributed by atoms with Crippen molar-refractivity contribution >= 4 is 11.5 Å². The Morgan fingerprint density at radius 3 is 2.89 bits per heavy atom. The normalized spacial score (nSPS) is 14.5. The van der Waals surface area contributed by atoms with Crippen LogP contribution in [0, 0.1) is 0 Å². The Balaban J connectivity index is 2.11. The Hall–Kier alpha value is -1.98. The second kappa shape index (κ2) is 5.77. The molecule has 0 aromatic carbocycles. The summed E-state index contributed by atoms with van der Waals surface area (Å²) in [7, 11) is 0. The number of nitrogens with zero attached hydrogens (tertiary/aromatic N) is 1. The minimum Gasteiger partial charge on any atom is -0.383 e. The number of nitrogens with two attached hydrogens (primary N) is 1. The van der Waals surface area contributed by atoms with E-state index in [1.807, 2.05) is 6.92 Å². The van der Waals surface area contributed by atoms with Gasteiger partial charge in [0.2, 0.25) is 0 Å². The van der Waals surface area contributed by atoms with E-state index in [0.29, 0.717) is 18.8 Å². The van der Waals surface area contributed by atoms with E-state index in [1.54, 1.807) is 0 Å². The molecule has 0 radical (unpaired) electrons. The van der Waals surface area contributed by atoms with Crippen molar-refractivity contribution in [1.82, 2.24) is 9.55 Å². The van der Waals surface area contributed by atoms with Gasteiger partial charge in [0.1, 0.15) is 11.5 Å². The monoisotopic (exact) mass is 264 g/mol. The van der Waals surface area contributed by atoms with Crippen molar-refractivity contribution in [1.29, 1.82) is 0 Å². The van der Waals surface area contributed by atoms with Crippen molar-refractivity contribution in [2.24, 2.45) is 0 Å². The van der Waals surface area contributed by atoms with E-state index in [0.717, 1.165) is 19.3 Å². The molecule has 1 aromatic rings. The number of aromatic nitrogens is 2. The van der Waals surface area contributed by atoms with Crippen LogP contribution in [0.4, 0.5) is 11.5 Å². The quantitative estimate of drug-likeness (QED) is 0.693. The van der Waals surface area contributed by atoms with E-state index in [1.165, 1.54) is 16.6 Å². The molecule has 1 heterocycles. The summed E-state index contributed by atoms with van der Waals surface area (Å²) in [6.07, 6.45) is 6.67. The van der Waals surface area contributed by atoms with Gasteiger partial charge in [-0.15, -0.1) is 0 Å². The van der Waals surface area contributed by atoms with Crippen LogP contribution < -0.4 is 22.3 Å². The molecule has 0 saturated heterocycles. The zero-order valence-corrected chi connectivity index (χ0v) is 11.2. The highest BCUT2D eigenvalue weighted by Gasteiger charge is 2.11. The molecule has 0 spiro atoms. The average molecular weight is 264 g/mol. The van der Waals surface area contributed by atoms with Gasteiger partial charge in [-0.2, -0.15) is 0 Å². The van der Waals surface area contributed by atoms with Crippen LogP contribution in [0.25, 0.3) is 0 Å². The number of nitrogens with one attached hydrogen (secondary N) is 2. The van der Waals surface area contributed by atoms with Crippen molar-refractivity contribution in [3.8, 4) is 0 Å². The summed E-state index contributed by atoms with van der Waals surface area (Å²) in [5.74, 6) is 0.205. The van der Waals surface area contributed by atoms with Gasteiger partial charge in [-0.3, -0.25) is 14.3 Å². The van der Waals surface area contributed by atoms with Gasteiger partial charge in [0.15, 0.2) is 0 Å². The molecule has 1 aliphatic rings. The van der Waals surface area contributed by atoms with Crippen molar-refractivity contribution in [3.63, 3.8) is 0 Å². The smallest absolute Gasteiger partial charge is 0.330 e. The SMILES string of the molecule is CCn1c(N)c(NCCC2=CCCC2)c(=O)[nH]c1=O. The molecule has 0 amide bonds. The molecular weight excluding hydrogens is 244 g/mol. The molecule has 4 N–H and O–H groups in total. The minimum atomic E-state index is -0.464. The van der Waals surface area contributed by atoms with Gasteiger partial charge in [-0.05, 0) is 32.6 Å². The first-order valence-electron chi connectivity index (χ1n) is 6.68. The molecular formula is C13H20N4O2. The third-order valence-electron chi connectivity index (χ3n) is 3.44. The van der Waals surface area contributed by atoms with E-state index >= 15 is 0 Å². The highest BCUT2D eigenvalue weighted by atomic mass is 16.2. The third-order valence-corrected chi connectivity index (χ3v) is 3.44. The lowest BCUT2D eigenvalue weighted by atomic mass is 10.2. The Morgan fingerprint density at radius 2 is 2.26 bits per heavy atom. The van der Waals surface area contributed by atoms with E-state index in [4.69, 9.17) is 5.73 Å². The molecule has 19 heavy (non-hydrogen) atoms. The van der Waals surface area contributed by atoms with Crippen LogP contribution >= 0.6 is 0 Å². The third kappa shape index (κ3) is 2.89. The second-order valence-corrected chi connectivity index (χ2v) is 4.70. The first-order valence-corrected chi connectivity index (χ1v) is 6.68. The van der Waals surface area contributed by atoms with Crippen molar-refractivity contribution < 1.29 is 0 Å². The van der Waals surface area contributed by atoms with Crippen molar-refractivity contribution in [2.75, 3.05) is 17.6 Å². The Morgan fingerprint density at radius 1 is 1.47 bits per heavy atom. The van der Waals surface area contributed by atoms with Gasteiger partial charge in [-0.1, -0.05) is 11.6 Å². The molecule has 0 unspecified atom stereocenters. The summed E-state index contributed by atoms with van der Waals surface area (Å²) in [5, 5.41) is 3.04. The maximum Gasteiger partial charge on any atom is 0.330 e. The molecule has 1 aromatic heterocycles. The molecule has 104 valence electrons. The van der Waals surface area contributed by atoms with Gasteiger partial charge in [0.25, 0.3) is 5.56 Å². The van der Waals surface area contributed by atoms with Crippen molar-refractivity contribution in [2.45, 2.75) is 39.2 Å². The summed E-state index contributed by atoms with van der Waals surface area (Å²) in [6.45, 7) is 2.89. The number of rotatable bonds is 5. The number of hydrogen-bond donors (Lipinski definition) is 3. The number of hydrogen-bond acceptors (Lipinski definition) is 4. The molecule has 0 aliphatic heterocycles. The maximum absolute atomic E-state index is 11.7. The number of anilines is 2. The highest BCUT2D eigenvalue weighted by Crippen LogP contribution is 2.20. The fraction of sp³-hybridized carbons (Fsp3) is 0.538. The molecule has 2 rings (SSSR count). The fourth-order valence-corrected chi connectivity index (χ4v) is 2.39. The summed E-state index contributed by atoms with van der Waals surface area (Å²) < 4.78 is 1.35. The fourth-order valence-electron chi connectivity index (χ4n) is 2.39. The highest BCUT2D eigenvalue weighted by molar-refractivity contribution is 5.60. The molecule has 0 saturated carbocycles. The maximum atomic E-state index is 11.7. The van der Waals surface area contributed by atoms with Gasteiger partial charge in [0.05, 0.1) is 0 Å². The van der Waals surface area contributed by atoms with Crippen LogP contribution in [-0.4, -0.2) is 16.1 Å². The first kappa shape index (κ1) is 13.5. The van der Waals surface area contributed by atoms with E-state index in [-0.39, 0.29) is 5.82 Å². The van der Waals surface area contributed by atoms with Crippen LogP contribution in [-0.2, 0) is 6.54 Å². The number of aromatic amines is 1. The summed E-state index contributed by atoms with van der Waals surface area (Å²) in [4.78, 5) is 25.5. The predicted octanol–water partition coefficient (Wildman–Crippen LogP) is 1.05. The zero-order valence-electron chi connectivity index (χ0n) is 11.2. The summed E-state index contributed by atoms with van der Waals surface area (Å²) in [6, 6.07) is 0. The minimum absolute atomic E-state index is 0.205. The van der Waals surface area contributed by atoms with Crippen LogP contribution in [0.3, 0.4) is 0 Å². The van der Waals surface area contributed by atoms with Crippen LogP contribution in [0.2, 0.25) is 0 Å². The summed E-state index contributed by atoms with van der Waals surface area (Å²) >= 11 is 0. The average Bonchev–Trinajstić information content (AvgIpc) is 2.86. The van der Waals surface area contributed by atoms with Crippen LogP contribution in [0.5, 0.6) is 0 Å². The molecule has 1 aliphatic carbocycles. The molecule has 0 bridgehead atoms. The van der Waals surface area contributed by atoms with Gasteiger partial charge < -0.3 is 11.1 Å². The van der Waals surface area contributed by atoms with Gasteiger partial charge in [0, 0.05) is 13.1 Å². The largest absolute Gasteiger partial charge is 0.383 e. The lowest BCUT2D eigenvalue weighted by Crippen LogP contribution is -2.33. The Labute approximate surface area is 111 Å². The van der Waals surface area contributed by atoms with Crippen molar-refractivity contribution in [3.05, 3.63) is 32.5 Å². The molecule has 0 atom stereocenters. The summed E-state index contributed by atoms with van der Waals surface area (Å²) in [5.41, 5.74) is 6.65. The zero-order chi connectivity index (χ0) is 13.8. The second-order valence-electron chi connectivity index (χ2n) is 4.70. The molecule has 0 fully saturated rings. The predicted molar refractivity (Wildman–Crippen MR) is 76.4 cm³/mol. The number of H-pyrrole nitrogens is 1. The van der Waals surface area contributed by atoms with E-state index < -0.39 is 11.2 Å². The Kier molecular flexibility index (Phi) is 4.09. The number of nitrogen functional groups attached to an aromatic ring is 1.